The summed E-state index contributed by atoms with van der Waals surface area (Å²) in [6, 6.07) is 19.6. The molecular weight excluding hydrogens is 256 g/mol. The van der Waals surface area contributed by atoms with Gasteiger partial charge in [0, 0.05) is 25.0 Å². The first-order chi connectivity index (χ1) is 10.3. The lowest BCUT2D eigenvalue weighted by Crippen LogP contribution is -2.22. The highest BCUT2D eigenvalue weighted by molar-refractivity contribution is 5.86. The second kappa shape index (κ2) is 6.06. The Morgan fingerprint density at radius 1 is 1.00 bits per heavy atom. The highest BCUT2D eigenvalue weighted by atomic mass is 15.1. The summed E-state index contributed by atoms with van der Waals surface area (Å²) in [5, 5.41) is 2.64. The van der Waals surface area contributed by atoms with Crippen LogP contribution < -0.4 is 0 Å². The molecule has 2 nitrogen and oxygen atoms in total. The molecule has 0 saturated carbocycles. The lowest BCUT2D eigenvalue weighted by atomic mass is 9.99. The van der Waals surface area contributed by atoms with E-state index in [9.17, 15) is 0 Å². The molecule has 2 aromatic carbocycles. The third-order valence-corrected chi connectivity index (χ3v) is 4.09. The SMILES string of the molecule is C[C@H](c1cccc2ccccc12)N(C)Cc1cccnc1. The van der Waals surface area contributed by atoms with Crippen LogP contribution in [0, 0.1) is 0 Å². The molecule has 21 heavy (non-hydrogen) atoms. The minimum absolute atomic E-state index is 0.358. The predicted molar refractivity (Wildman–Crippen MR) is 88.1 cm³/mol. The van der Waals surface area contributed by atoms with E-state index in [0.717, 1.165) is 6.54 Å². The van der Waals surface area contributed by atoms with Gasteiger partial charge in [-0.25, -0.2) is 0 Å². The lowest BCUT2D eigenvalue weighted by Gasteiger charge is -2.26. The highest BCUT2D eigenvalue weighted by Crippen LogP contribution is 2.28. The molecule has 1 heterocycles. The first-order valence-electron chi connectivity index (χ1n) is 7.32. The van der Waals surface area contributed by atoms with E-state index in [1.165, 1.54) is 21.9 Å². The minimum Gasteiger partial charge on any atom is -0.295 e. The van der Waals surface area contributed by atoms with Crippen LogP contribution in [0.5, 0.6) is 0 Å². The molecule has 0 aliphatic heterocycles. The summed E-state index contributed by atoms with van der Waals surface area (Å²) in [6.07, 6.45) is 3.75. The Kier molecular flexibility index (Phi) is 3.98. The molecule has 0 aliphatic carbocycles. The van der Waals surface area contributed by atoms with Crippen molar-refractivity contribution in [3.63, 3.8) is 0 Å². The van der Waals surface area contributed by atoms with Crippen molar-refractivity contribution in [2.75, 3.05) is 7.05 Å². The van der Waals surface area contributed by atoms with Crippen molar-refractivity contribution in [2.24, 2.45) is 0 Å². The van der Waals surface area contributed by atoms with Crippen molar-refractivity contribution < 1.29 is 0 Å². The Balaban J connectivity index is 1.88. The Bertz CT molecular complexity index is 716. The van der Waals surface area contributed by atoms with Crippen LogP contribution in [0.4, 0.5) is 0 Å². The average molecular weight is 276 g/mol. The molecule has 0 unspecified atom stereocenters. The van der Waals surface area contributed by atoms with E-state index in [0.29, 0.717) is 6.04 Å². The van der Waals surface area contributed by atoms with Crippen LogP contribution in [0.25, 0.3) is 10.8 Å². The standard InChI is InChI=1S/C19H20N2/c1-15(21(2)14-16-7-6-12-20-13-16)18-11-5-9-17-8-3-4-10-19(17)18/h3-13,15H,14H2,1-2H3/t15-/m1/s1. The predicted octanol–water partition coefficient (Wildman–Crippen LogP) is 4.43. The summed E-state index contributed by atoms with van der Waals surface area (Å²) < 4.78 is 0. The van der Waals surface area contributed by atoms with Crippen molar-refractivity contribution in [2.45, 2.75) is 19.5 Å². The molecule has 0 aliphatic rings. The Morgan fingerprint density at radius 3 is 2.62 bits per heavy atom. The van der Waals surface area contributed by atoms with Crippen molar-refractivity contribution in [3.8, 4) is 0 Å². The zero-order chi connectivity index (χ0) is 14.7. The fraction of sp³-hybridized carbons (Fsp3) is 0.211. The molecule has 0 amide bonds. The summed E-state index contributed by atoms with van der Waals surface area (Å²) in [5.41, 5.74) is 2.62. The topological polar surface area (TPSA) is 16.1 Å². The van der Waals surface area contributed by atoms with Gasteiger partial charge in [0.2, 0.25) is 0 Å². The van der Waals surface area contributed by atoms with E-state index in [2.05, 4.69) is 72.4 Å². The monoisotopic (exact) mass is 276 g/mol. The van der Waals surface area contributed by atoms with E-state index < -0.39 is 0 Å². The van der Waals surface area contributed by atoms with Gasteiger partial charge in [-0.3, -0.25) is 9.88 Å². The smallest absolute Gasteiger partial charge is 0.0326 e. The third-order valence-electron chi connectivity index (χ3n) is 4.09. The lowest BCUT2D eigenvalue weighted by molar-refractivity contribution is 0.254. The van der Waals surface area contributed by atoms with Crippen LogP contribution >= 0.6 is 0 Å². The Hall–Kier alpha value is -2.19. The van der Waals surface area contributed by atoms with Crippen LogP contribution in [0.3, 0.4) is 0 Å². The number of nitrogens with zero attached hydrogens (tertiary/aromatic N) is 2. The number of pyridine rings is 1. The second-order valence-electron chi connectivity index (χ2n) is 5.52. The highest BCUT2D eigenvalue weighted by Gasteiger charge is 2.14. The summed E-state index contributed by atoms with van der Waals surface area (Å²) in [5.74, 6) is 0. The molecular formula is C19H20N2. The quantitative estimate of drug-likeness (QED) is 0.701. The third kappa shape index (κ3) is 2.96. The molecule has 3 aromatic rings. The molecule has 3 rings (SSSR count). The van der Waals surface area contributed by atoms with Crippen molar-refractivity contribution in [1.29, 1.82) is 0 Å². The molecule has 0 bridgehead atoms. The Labute approximate surface area is 126 Å². The first-order valence-corrected chi connectivity index (χ1v) is 7.32. The van der Waals surface area contributed by atoms with Gasteiger partial charge >= 0.3 is 0 Å². The van der Waals surface area contributed by atoms with Crippen LogP contribution in [-0.2, 0) is 6.54 Å². The fourth-order valence-electron chi connectivity index (χ4n) is 2.77. The van der Waals surface area contributed by atoms with E-state index in [1.54, 1.807) is 0 Å². The van der Waals surface area contributed by atoms with Gasteiger partial charge in [0.15, 0.2) is 0 Å². The van der Waals surface area contributed by atoms with E-state index in [-0.39, 0.29) is 0 Å². The number of hydrogen-bond acceptors (Lipinski definition) is 2. The van der Waals surface area contributed by atoms with E-state index >= 15 is 0 Å². The maximum atomic E-state index is 4.19. The van der Waals surface area contributed by atoms with Gasteiger partial charge in [-0.1, -0.05) is 48.5 Å². The summed E-state index contributed by atoms with van der Waals surface area (Å²) in [6.45, 7) is 3.16. The summed E-state index contributed by atoms with van der Waals surface area (Å²) in [4.78, 5) is 6.55. The van der Waals surface area contributed by atoms with Crippen LogP contribution in [0.1, 0.15) is 24.1 Å². The van der Waals surface area contributed by atoms with Crippen molar-refractivity contribution in [1.82, 2.24) is 9.88 Å². The van der Waals surface area contributed by atoms with E-state index in [4.69, 9.17) is 0 Å². The average Bonchev–Trinajstić information content (AvgIpc) is 2.54. The molecule has 0 spiro atoms. The Morgan fingerprint density at radius 2 is 1.81 bits per heavy atom. The maximum Gasteiger partial charge on any atom is 0.0326 e. The number of hydrogen-bond donors (Lipinski definition) is 0. The van der Waals surface area contributed by atoms with E-state index in [1.807, 2.05) is 18.5 Å². The van der Waals surface area contributed by atoms with Gasteiger partial charge in [0.25, 0.3) is 0 Å². The largest absolute Gasteiger partial charge is 0.295 e. The van der Waals surface area contributed by atoms with Crippen LogP contribution in [0.15, 0.2) is 67.0 Å². The maximum absolute atomic E-state index is 4.19. The molecule has 0 fully saturated rings. The second-order valence-corrected chi connectivity index (χ2v) is 5.52. The van der Waals surface area contributed by atoms with Crippen molar-refractivity contribution in [3.05, 3.63) is 78.1 Å². The molecule has 0 N–H and O–H groups in total. The van der Waals surface area contributed by atoms with Gasteiger partial charge in [0.05, 0.1) is 0 Å². The molecule has 0 radical (unpaired) electrons. The zero-order valence-electron chi connectivity index (χ0n) is 12.5. The van der Waals surface area contributed by atoms with Gasteiger partial charge < -0.3 is 0 Å². The first kappa shape index (κ1) is 13.8. The van der Waals surface area contributed by atoms with Gasteiger partial charge in [-0.15, -0.1) is 0 Å². The number of aromatic nitrogens is 1. The van der Waals surface area contributed by atoms with Gasteiger partial charge in [0.1, 0.15) is 0 Å². The van der Waals surface area contributed by atoms with Crippen LogP contribution in [0.2, 0.25) is 0 Å². The van der Waals surface area contributed by atoms with Crippen molar-refractivity contribution >= 4 is 10.8 Å². The molecule has 1 atom stereocenters. The normalized spacial score (nSPS) is 12.7. The summed E-state index contributed by atoms with van der Waals surface area (Å²) in [7, 11) is 2.17. The van der Waals surface area contributed by atoms with Crippen LogP contribution in [-0.4, -0.2) is 16.9 Å². The number of rotatable bonds is 4. The molecule has 1 aromatic heterocycles. The number of fused-ring (bicyclic) bond motifs is 1. The minimum atomic E-state index is 0.358. The van der Waals surface area contributed by atoms with Gasteiger partial charge in [-0.05, 0) is 41.9 Å². The fourth-order valence-corrected chi connectivity index (χ4v) is 2.77. The molecule has 106 valence electrons. The van der Waals surface area contributed by atoms with Gasteiger partial charge in [-0.2, -0.15) is 0 Å². The summed E-state index contributed by atoms with van der Waals surface area (Å²) >= 11 is 0. The zero-order valence-corrected chi connectivity index (χ0v) is 12.5. The molecule has 0 saturated heterocycles. The molecule has 2 heteroatoms. The number of benzene rings is 2.